The second-order valence-corrected chi connectivity index (χ2v) is 6.35. The molecule has 0 aromatic rings. The fourth-order valence-corrected chi connectivity index (χ4v) is 4.98. The zero-order valence-corrected chi connectivity index (χ0v) is 8.85. The highest BCUT2D eigenvalue weighted by Crippen LogP contribution is 2.44. The third-order valence-electron chi connectivity index (χ3n) is 2.66. The first-order chi connectivity index (χ1) is 5.86. The summed E-state index contributed by atoms with van der Waals surface area (Å²) < 4.78 is 0.868. The van der Waals surface area contributed by atoms with Gasteiger partial charge in [0.05, 0.1) is 0 Å². The van der Waals surface area contributed by atoms with Gasteiger partial charge in [-0.25, -0.2) is 0 Å². The molecule has 2 rings (SSSR count). The third kappa shape index (κ3) is 1.99. The van der Waals surface area contributed by atoms with E-state index in [-0.39, 0.29) is 0 Å². The smallest absolute Gasteiger partial charge is 0.122 e. The van der Waals surface area contributed by atoms with Gasteiger partial charge >= 0.3 is 0 Å². The van der Waals surface area contributed by atoms with Crippen LogP contribution in [0.3, 0.4) is 0 Å². The van der Waals surface area contributed by atoms with Crippen LogP contribution in [-0.2, 0) is 0 Å². The van der Waals surface area contributed by atoms with Gasteiger partial charge in [0.2, 0.25) is 0 Å². The molecule has 0 amide bonds. The highest BCUT2D eigenvalue weighted by Gasteiger charge is 2.32. The van der Waals surface area contributed by atoms with Crippen molar-refractivity contribution in [3.63, 3.8) is 0 Å². The van der Waals surface area contributed by atoms with Crippen LogP contribution in [0.15, 0.2) is 0 Å². The summed E-state index contributed by atoms with van der Waals surface area (Å²) in [6.45, 7) is 0. The van der Waals surface area contributed by atoms with Crippen LogP contribution in [0.4, 0.5) is 0 Å². The number of fused-ring (bicyclic) bond motifs is 1. The number of nitrogens with one attached hydrogen (secondary N) is 1. The maximum Gasteiger partial charge on any atom is 0.122 e. The fourth-order valence-electron chi connectivity index (χ4n) is 1.99. The summed E-state index contributed by atoms with van der Waals surface area (Å²) >= 11 is 3.64. The van der Waals surface area contributed by atoms with E-state index in [0.717, 1.165) is 14.9 Å². The molecular formula is C9H15NS2. The number of hydrogen-bond donors (Lipinski definition) is 1. The van der Waals surface area contributed by atoms with Crippen molar-refractivity contribution in [3.8, 4) is 0 Å². The first kappa shape index (κ1) is 8.95. The van der Waals surface area contributed by atoms with Crippen LogP contribution in [0.5, 0.6) is 0 Å². The topological polar surface area (TPSA) is 23.9 Å². The average Bonchev–Trinajstić information content (AvgIpc) is 2.32. The molecule has 2 unspecified atom stereocenters. The average molecular weight is 201 g/mol. The van der Waals surface area contributed by atoms with Gasteiger partial charge in [-0.05, 0) is 12.8 Å². The van der Waals surface area contributed by atoms with Crippen molar-refractivity contribution in [1.82, 2.24) is 0 Å². The minimum absolute atomic E-state index is 0.780. The van der Waals surface area contributed by atoms with Gasteiger partial charge in [0.25, 0.3) is 0 Å². The normalized spacial score (nSPS) is 37.2. The second-order valence-electron chi connectivity index (χ2n) is 3.59. The summed E-state index contributed by atoms with van der Waals surface area (Å²) in [5.74, 6) is 0. The summed E-state index contributed by atoms with van der Waals surface area (Å²) in [7, 11) is 0. The molecule has 1 aliphatic heterocycles. The van der Waals surface area contributed by atoms with Gasteiger partial charge in [0.1, 0.15) is 4.38 Å². The Kier molecular flexibility index (Phi) is 3.02. The molecule has 0 spiro atoms. The highest BCUT2D eigenvalue weighted by molar-refractivity contribution is 8.41. The van der Waals surface area contributed by atoms with Crippen molar-refractivity contribution in [2.45, 2.75) is 49.0 Å². The van der Waals surface area contributed by atoms with Crippen LogP contribution in [0, 0.1) is 5.41 Å². The molecule has 2 fully saturated rings. The van der Waals surface area contributed by atoms with Gasteiger partial charge in [-0.1, -0.05) is 49.2 Å². The van der Waals surface area contributed by atoms with Gasteiger partial charge < -0.3 is 0 Å². The molecule has 12 heavy (non-hydrogen) atoms. The van der Waals surface area contributed by atoms with E-state index in [9.17, 15) is 0 Å². The van der Waals surface area contributed by atoms with E-state index in [1.54, 1.807) is 0 Å². The van der Waals surface area contributed by atoms with Gasteiger partial charge in [-0.15, -0.1) is 0 Å². The number of hydrogen-bond acceptors (Lipinski definition) is 3. The molecule has 2 atom stereocenters. The maximum absolute atomic E-state index is 7.61. The van der Waals surface area contributed by atoms with Gasteiger partial charge in [0.15, 0.2) is 0 Å². The Morgan fingerprint density at radius 2 is 1.42 bits per heavy atom. The standard InChI is InChI=1S/C9H15NS2/c10-9-11-7-5-3-1-2-4-6-8(7)12-9/h7-8,10H,1-6H2. The summed E-state index contributed by atoms with van der Waals surface area (Å²) in [6, 6.07) is 0. The van der Waals surface area contributed by atoms with E-state index in [1.165, 1.54) is 38.5 Å². The van der Waals surface area contributed by atoms with Crippen LogP contribution < -0.4 is 0 Å². The predicted octanol–water partition coefficient (Wildman–Crippen LogP) is 3.49. The lowest BCUT2D eigenvalue weighted by Gasteiger charge is -2.19. The molecule has 1 heterocycles. The van der Waals surface area contributed by atoms with Crippen LogP contribution in [0.25, 0.3) is 0 Å². The SMILES string of the molecule is N=C1SC2CCCCCCC2S1. The fraction of sp³-hybridized carbons (Fsp3) is 0.889. The molecule has 2 aliphatic rings. The predicted molar refractivity (Wildman–Crippen MR) is 58.2 cm³/mol. The summed E-state index contributed by atoms with van der Waals surface area (Å²) in [4.78, 5) is 0. The summed E-state index contributed by atoms with van der Waals surface area (Å²) in [5, 5.41) is 9.17. The van der Waals surface area contributed by atoms with Crippen LogP contribution in [0.2, 0.25) is 0 Å². The molecular weight excluding hydrogens is 186 g/mol. The summed E-state index contributed by atoms with van der Waals surface area (Å²) in [6.07, 6.45) is 8.32. The monoisotopic (exact) mass is 201 g/mol. The Bertz CT molecular complexity index is 163. The molecule has 3 heteroatoms. The molecule has 0 aromatic carbocycles. The summed E-state index contributed by atoms with van der Waals surface area (Å²) in [5.41, 5.74) is 0. The van der Waals surface area contributed by atoms with E-state index in [1.807, 2.05) is 23.5 Å². The van der Waals surface area contributed by atoms with Crippen molar-refractivity contribution >= 4 is 27.9 Å². The Morgan fingerprint density at radius 1 is 0.917 bits per heavy atom. The molecule has 68 valence electrons. The maximum atomic E-state index is 7.61. The van der Waals surface area contributed by atoms with E-state index in [2.05, 4.69) is 0 Å². The van der Waals surface area contributed by atoms with Crippen LogP contribution in [0.1, 0.15) is 38.5 Å². The molecule has 1 nitrogen and oxygen atoms in total. The first-order valence-electron chi connectivity index (χ1n) is 4.78. The zero-order valence-electron chi connectivity index (χ0n) is 7.21. The minimum Gasteiger partial charge on any atom is -0.288 e. The Hall–Kier alpha value is 0.370. The Balaban J connectivity index is 1.96. The lowest BCUT2D eigenvalue weighted by Crippen LogP contribution is -2.16. The van der Waals surface area contributed by atoms with Gasteiger partial charge in [-0.3, -0.25) is 5.41 Å². The lowest BCUT2D eigenvalue weighted by atomic mass is 10.0. The van der Waals surface area contributed by atoms with Gasteiger partial charge in [-0.2, -0.15) is 0 Å². The molecule has 0 aromatic heterocycles. The molecule has 0 radical (unpaired) electrons. The zero-order chi connectivity index (χ0) is 8.39. The largest absolute Gasteiger partial charge is 0.288 e. The number of rotatable bonds is 0. The number of thioether (sulfide) groups is 2. The van der Waals surface area contributed by atoms with E-state index in [0.29, 0.717) is 0 Å². The van der Waals surface area contributed by atoms with E-state index >= 15 is 0 Å². The molecule has 1 saturated heterocycles. The molecule has 0 bridgehead atoms. The molecule has 1 saturated carbocycles. The molecule has 1 N–H and O–H groups in total. The van der Waals surface area contributed by atoms with Crippen molar-refractivity contribution < 1.29 is 0 Å². The highest BCUT2D eigenvalue weighted by atomic mass is 32.2. The van der Waals surface area contributed by atoms with Gasteiger partial charge in [0, 0.05) is 10.5 Å². The Morgan fingerprint density at radius 3 is 1.92 bits per heavy atom. The first-order valence-corrected chi connectivity index (χ1v) is 6.54. The van der Waals surface area contributed by atoms with Crippen molar-refractivity contribution in [2.75, 3.05) is 0 Å². The third-order valence-corrected chi connectivity index (χ3v) is 5.57. The molecule has 1 aliphatic carbocycles. The second kappa shape index (κ2) is 4.05. The Labute approximate surface area is 82.6 Å². The quantitative estimate of drug-likeness (QED) is 0.648. The van der Waals surface area contributed by atoms with Crippen molar-refractivity contribution in [1.29, 1.82) is 5.41 Å². The minimum atomic E-state index is 0.780. The van der Waals surface area contributed by atoms with Crippen molar-refractivity contribution in [2.24, 2.45) is 0 Å². The lowest BCUT2D eigenvalue weighted by molar-refractivity contribution is 0.524. The van der Waals surface area contributed by atoms with E-state index in [4.69, 9.17) is 5.41 Å². The van der Waals surface area contributed by atoms with Crippen LogP contribution in [-0.4, -0.2) is 14.9 Å². The van der Waals surface area contributed by atoms with Crippen molar-refractivity contribution in [3.05, 3.63) is 0 Å². The van der Waals surface area contributed by atoms with E-state index < -0.39 is 0 Å². The van der Waals surface area contributed by atoms with Crippen LogP contribution >= 0.6 is 23.5 Å².